The van der Waals surface area contributed by atoms with Crippen molar-refractivity contribution in [2.24, 2.45) is 16.7 Å². The van der Waals surface area contributed by atoms with Crippen molar-refractivity contribution in [2.45, 2.75) is 52.3 Å². The molecule has 2 bridgehead atoms. The van der Waals surface area contributed by atoms with E-state index in [0.717, 1.165) is 0 Å². The van der Waals surface area contributed by atoms with E-state index in [9.17, 15) is 23.5 Å². The first-order valence-electron chi connectivity index (χ1n) is 6.56. The van der Waals surface area contributed by atoms with Crippen LogP contribution in [0.2, 0.25) is 0 Å². The van der Waals surface area contributed by atoms with Gasteiger partial charge in [-0.15, -0.1) is 0 Å². The Morgan fingerprint density at radius 2 is 1.89 bits per heavy atom. The van der Waals surface area contributed by atoms with Crippen molar-refractivity contribution >= 4 is 5.71 Å². The van der Waals surface area contributed by atoms with E-state index >= 15 is 0 Å². The first kappa shape index (κ1) is 14.6. The third-order valence-corrected chi connectivity index (χ3v) is 5.69. The van der Waals surface area contributed by atoms with Crippen molar-refractivity contribution in [3.63, 3.8) is 0 Å². The van der Waals surface area contributed by atoms with Crippen LogP contribution in [-0.2, 0) is 0 Å². The van der Waals surface area contributed by atoms with Crippen LogP contribution in [0.15, 0.2) is 0 Å². The number of aliphatic hydroxyl groups is 1. The Hall–Kier alpha value is -0.780. The molecule has 0 amide bonds. The van der Waals surface area contributed by atoms with E-state index in [1.807, 2.05) is 0 Å². The minimum absolute atomic E-state index is 0.0869. The largest absolute Gasteiger partial charge is 0.624 e. The zero-order chi connectivity index (χ0) is 14.9. The molecular formula is C13H20F3NO2. The fourth-order valence-corrected chi connectivity index (χ4v) is 4.14. The van der Waals surface area contributed by atoms with Gasteiger partial charge in [-0.05, 0) is 25.2 Å². The highest BCUT2D eigenvalue weighted by Crippen LogP contribution is 2.71. The monoisotopic (exact) mass is 279 g/mol. The van der Waals surface area contributed by atoms with Crippen LogP contribution in [0.4, 0.5) is 13.2 Å². The molecule has 0 heterocycles. The number of hydrogen-bond acceptors (Lipinski definition) is 2. The quantitative estimate of drug-likeness (QED) is 0.456. The SMILES string of the molecule is CC/[N+]([O-])=C1\C2CC[C@](C)(C2(C)C)[C@@]1(O)C(F)(F)F. The third-order valence-electron chi connectivity index (χ3n) is 5.69. The lowest BCUT2D eigenvalue weighted by molar-refractivity contribution is -0.466. The standard InChI is InChI=1S/C13H20F3NO2/c1-5-17(19)9-8-6-7-11(4,10(8,2)3)12(9,18)13(14,15)16/h8,18H,5-7H2,1-4H3/b17-9-/t8?,11-,12-/m1/s1. The van der Waals surface area contributed by atoms with E-state index in [1.54, 1.807) is 13.8 Å². The van der Waals surface area contributed by atoms with Gasteiger partial charge in [-0.1, -0.05) is 20.8 Å². The molecule has 0 saturated heterocycles. The van der Waals surface area contributed by atoms with Gasteiger partial charge in [-0.3, -0.25) is 0 Å². The number of hydrogen-bond donors (Lipinski definition) is 1. The lowest BCUT2D eigenvalue weighted by Gasteiger charge is -2.44. The number of hydroxylamine groups is 1. The Kier molecular flexibility index (Phi) is 2.81. The van der Waals surface area contributed by atoms with Crippen LogP contribution in [0.1, 0.15) is 40.5 Å². The second-order valence-corrected chi connectivity index (χ2v) is 6.43. The molecule has 3 nitrogen and oxygen atoms in total. The molecule has 2 fully saturated rings. The Balaban J connectivity index is 2.77. The van der Waals surface area contributed by atoms with Crippen molar-refractivity contribution in [2.75, 3.05) is 6.54 Å². The molecule has 0 aliphatic heterocycles. The van der Waals surface area contributed by atoms with Crippen LogP contribution in [-0.4, -0.2) is 33.9 Å². The third kappa shape index (κ3) is 1.36. The Bertz CT molecular complexity index is 444. The number of fused-ring (bicyclic) bond motifs is 2. The van der Waals surface area contributed by atoms with E-state index in [0.29, 0.717) is 11.2 Å². The molecule has 1 N–H and O–H groups in total. The summed E-state index contributed by atoms with van der Waals surface area (Å²) in [6.45, 7) is 6.31. The maximum Gasteiger partial charge on any atom is 0.427 e. The highest BCUT2D eigenvalue weighted by Gasteiger charge is 2.83. The van der Waals surface area contributed by atoms with Gasteiger partial charge >= 0.3 is 6.18 Å². The summed E-state index contributed by atoms with van der Waals surface area (Å²) in [6.07, 6.45) is -4.03. The summed E-state index contributed by atoms with van der Waals surface area (Å²) >= 11 is 0. The van der Waals surface area contributed by atoms with Crippen LogP contribution < -0.4 is 0 Å². The van der Waals surface area contributed by atoms with Gasteiger partial charge in [0.2, 0.25) is 11.3 Å². The van der Waals surface area contributed by atoms with E-state index in [-0.39, 0.29) is 18.7 Å². The minimum Gasteiger partial charge on any atom is -0.624 e. The van der Waals surface area contributed by atoms with Crippen LogP contribution in [0.3, 0.4) is 0 Å². The van der Waals surface area contributed by atoms with Gasteiger partial charge in [0.15, 0.2) is 6.54 Å². The first-order valence-corrected chi connectivity index (χ1v) is 6.56. The fraction of sp³-hybridized carbons (Fsp3) is 0.923. The minimum atomic E-state index is -4.83. The number of nitrogens with zero attached hydrogens (tertiary/aromatic N) is 1. The average Bonchev–Trinajstić information content (AvgIpc) is 2.58. The Labute approximate surface area is 110 Å². The maximum absolute atomic E-state index is 13.5. The van der Waals surface area contributed by atoms with Gasteiger partial charge in [0.25, 0.3) is 0 Å². The summed E-state index contributed by atoms with van der Waals surface area (Å²) < 4.78 is 40.8. The van der Waals surface area contributed by atoms with Crippen molar-refractivity contribution in [1.29, 1.82) is 0 Å². The highest BCUT2D eigenvalue weighted by atomic mass is 19.4. The molecule has 3 atom stereocenters. The summed E-state index contributed by atoms with van der Waals surface area (Å²) in [5.74, 6) is -0.512. The fourth-order valence-electron chi connectivity index (χ4n) is 4.14. The molecule has 110 valence electrons. The predicted octanol–water partition coefficient (Wildman–Crippen LogP) is 2.71. The molecule has 2 aliphatic carbocycles. The molecule has 19 heavy (non-hydrogen) atoms. The number of halogens is 3. The molecular weight excluding hydrogens is 259 g/mol. The zero-order valence-corrected chi connectivity index (χ0v) is 11.6. The second-order valence-electron chi connectivity index (χ2n) is 6.43. The molecule has 0 aromatic heterocycles. The predicted molar refractivity (Wildman–Crippen MR) is 64.8 cm³/mol. The van der Waals surface area contributed by atoms with Gasteiger partial charge in [-0.25, -0.2) is 4.74 Å². The number of alkyl halides is 3. The topological polar surface area (TPSA) is 46.3 Å². The maximum atomic E-state index is 13.5. The molecule has 0 spiro atoms. The molecule has 2 aliphatic rings. The van der Waals surface area contributed by atoms with Gasteiger partial charge in [-0.2, -0.15) is 13.2 Å². The summed E-state index contributed by atoms with van der Waals surface area (Å²) in [6, 6.07) is 0. The molecule has 1 unspecified atom stereocenters. The number of rotatable bonds is 1. The second kappa shape index (κ2) is 3.65. The summed E-state index contributed by atoms with van der Waals surface area (Å²) in [7, 11) is 0. The lowest BCUT2D eigenvalue weighted by Crippen LogP contribution is -2.63. The zero-order valence-electron chi connectivity index (χ0n) is 11.6. The normalized spacial score (nSPS) is 43.7. The smallest absolute Gasteiger partial charge is 0.427 e. The van der Waals surface area contributed by atoms with E-state index in [1.165, 1.54) is 13.8 Å². The van der Waals surface area contributed by atoms with Gasteiger partial charge in [0.1, 0.15) is 0 Å². The van der Waals surface area contributed by atoms with E-state index < -0.39 is 28.5 Å². The summed E-state index contributed by atoms with van der Waals surface area (Å²) in [5, 5.41) is 22.4. The summed E-state index contributed by atoms with van der Waals surface area (Å²) in [5.41, 5.74) is -5.49. The molecule has 2 saturated carbocycles. The Morgan fingerprint density at radius 1 is 1.37 bits per heavy atom. The van der Waals surface area contributed by atoms with Crippen LogP contribution >= 0.6 is 0 Å². The molecule has 0 aromatic rings. The first-order chi connectivity index (χ1) is 8.45. The molecule has 6 heteroatoms. The van der Waals surface area contributed by atoms with Crippen molar-refractivity contribution in [3.8, 4) is 0 Å². The van der Waals surface area contributed by atoms with Crippen molar-refractivity contribution < 1.29 is 23.0 Å². The van der Waals surface area contributed by atoms with E-state index in [4.69, 9.17) is 0 Å². The summed E-state index contributed by atoms with van der Waals surface area (Å²) in [4.78, 5) is 0. The van der Waals surface area contributed by atoms with Gasteiger partial charge in [0.05, 0.1) is 0 Å². The average molecular weight is 279 g/mol. The van der Waals surface area contributed by atoms with Crippen LogP contribution in [0.5, 0.6) is 0 Å². The van der Waals surface area contributed by atoms with Gasteiger partial charge in [0, 0.05) is 11.3 Å². The lowest BCUT2D eigenvalue weighted by atomic mass is 9.64. The van der Waals surface area contributed by atoms with Crippen LogP contribution in [0.25, 0.3) is 0 Å². The molecule has 2 rings (SSSR count). The highest BCUT2D eigenvalue weighted by molar-refractivity contribution is 5.97. The van der Waals surface area contributed by atoms with E-state index in [2.05, 4.69) is 0 Å². The molecule has 0 radical (unpaired) electrons. The van der Waals surface area contributed by atoms with Crippen molar-refractivity contribution in [3.05, 3.63) is 5.21 Å². The van der Waals surface area contributed by atoms with Crippen molar-refractivity contribution in [1.82, 2.24) is 0 Å². The molecule has 0 aromatic carbocycles. The van der Waals surface area contributed by atoms with Crippen LogP contribution in [0, 0.1) is 22.0 Å². The van der Waals surface area contributed by atoms with Gasteiger partial charge < -0.3 is 10.3 Å². The Morgan fingerprint density at radius 3 is 2.32 bits per heavy atom.